The summed E-state index contributed by atoms with van der Waals surface area (Å²) < 4.78 is 0. The van der Waals surface area contributed by atoms with Gasteiger partial charge in [-0.2, -0.15) is 5.10 Å². The first-order chi connectivity index (χ1) is 13.2. The van der Waals surface area contributed by atoms with E-state index in [0.29, 0.717) is 5.69 Å². The van der Waals surface area contributed by atoms with Crippen LogP contribution in [0.2, 0.25) is 0 Å². The summed E-state index contributed by atoms with van der Waals surface area (Å²) in [6, 6.07) is 12.8. The molecule has 0 spiro atoms. The maximum Gasteiger partial charge on any atom is 0.270 e. The highest BCUT2D eigenvalue weighted by Crippen LogP contribution is 2.31. The Labute approximate surface area is 157 Å². The Balaban J connectivity index is 0.00000102. The predicted octanol–water partition coefficient (Wildman–Crippen LogP) is 6.06. The highest BCUT2D eigenvalue weighted by atomic mass is 16.6. The van der Waals surface area contributed by atoms with Crippen LogP contribution < -0.4 is 0 Å². The molecule has 5 heteroatoms. The maximum absolute atomic E-state index is 11.1. The number of nitro groups is 1. The molecule has 0 radical (unpaired) electrons. The Hall–Kier alpha value is -3.47. The average molecular weight is 359 g/mol. The van der Waals surface area contributed by atoms with E-state index in [0.717, 1.165) is 34.0 Å². The number of non-ortho nitro benzene ring substituents is 1. The molecular weight excluding hydrogens is 338 g/mol. The van der Waals surface area contributed by atoms with E-state index < -0.39 is 0 Å². The van der Waals surface area contributed by atoms with Gasteiger partial charge in [0.2, 0.25) is 0 Å². The predicted molar refractivity (Wildman–Crippen MR) is 110 cm³/mol. The van der Waals surface area contributed by atoms with Gasteiger partial charge in [0.1, 0.15) is 5.69 Å². The quantitative estimate of drug-likeness (QED) is 0.456. The largest absolute Gasteiger partial charge is 0.277 e. The Morgan fingerprint density at radius 1 is 1.07 bits per heavy atom. The van der Waals surface area contributed by atoms with Crippen molar-refractivity contribution in [2.75, 3.05) is 0 Å². The lowest BCUT2D eigenvalue weighted by molar-refractivity contribution is -0.384. The first-order valence-corrected chi connectivity index (χ1v) is 8.99. The van der Waals surface area contributed by atoms with E-state index >= 15 is 0 Å². The molecule has 0 atom stereocenters. The summed E-state index contributed by atoms with van der Waals surface area (Å²) in [4.78, 5) is 10.7. The van der Waals surface area contributed by atoms with Crippen LogP contribution in [-0.2, 0) is 0 Å². The maximum atomic E-state index is 11.1. The Kier molecular flexibility index (Phi) is 5.61. The minimum Gasteiger partial charge on any atom is -0.277 e. The Morgan fingerprint density at radius 2 is 1.89 bits per heavy atom. The molecule has 0 saturated carbocycles. The van der Waals surface area contributed by atoms with Crippen molar-refractivity contribution in [2.24, 2.45) is 0 Å². The second-order valence-electron chi connectivity index (χ2n) is 5.83. The fraction of sp³-hybridized carbons (Fsp3) is 0.136. The molecule has 1 heterocycles. The molecule has 3 aromatic rings. The van der Waals surface area contributed by atoms with E-state index in [1.54, 1.807) is 12.1 Å². The molecule has 5 nitrogen and oxygen atoms in total. The van der Waals surface area contributed by atoms with E-state index in [2.05, 4.69) is 52.7 Å². The molecule has 0 saturated heterocycles. The number of H-pyrrole nitrogens is 1. The molecule has 4 rings (SSSR count). The molecule has 136 valence electrons. The molecule has 1 N–H and O–H groups in total. The first-order valence-electron chi connectivity index (χ1n) is 8.99. The van der Waals surface area contributed by atoms with E-state index in [9.17, 15) is 10.1 Å². The fourth-order valence-electron chi connectivity index (χ4n) is 2.95. The van der Waals surface area contributed by atoms with Crippen LogP contribution >= 0.6 is 0 Å². The molecule has 0 bridgehead atoms. The number of nitro benzene ring substituents is 1. The molecule has 0 unspecified atom stereocenters. The van der Waals surface area contributed by atoms with Crippen LogP contribution in [0.4, 0.5) is 5.69 Å². The van der Waals surface area contributed by atoms with Crippen molar-refractivity contribution in [1.29, 1.82) is 0 Å². The zero-order valence-electron chi connectivity index (χ0n) is 15.3. The second kappa shape index (κ2) is 8.27. The lowest BCUT2D eigenvalue weighted by atomic mass is 10.00. The first kappa shape index (κ1) is 18.3. The number of hydrogen-bond donors (Lipinski definition) is 1. The molecule has 1 aliphatic rings. The number of aromatic nitrogens is 2. The third-order valence-corrected chi connectivity index (χ3v) is 4.21. The molecule has 1 aliphatic carbocycles. The summed E-state index contributed by atoms with van der Waals surface area (Å²) in [6.45, 7) is 4.00. The van der Waals surface area contributed by atoms with Crippen molar-refractivity contribution >= 4 is 22.2 Å². The number of nitrogens with one attached hydrogen (secondary N) is 1. The number of benzene rings is 2. The number of hydrogen-bond acceptors (Lipinski definition) is 3. The summed E-state index contributed by atoms with van der Waals surface area (Å²) in [5.41, 5.74) is 4.69. The standard InChI is InChI=1S/C20H15N3O2.C2H6/c24-23(25)17-10-11-19-18(13-17)20(22-21-19)16-9-5-8-15(12-16)14-6-3-1-2-4-7-14;1-2/h1,3-13H,2H2,(H,21,22);1-2H3. The number of nitrogens with zero attached hydrogens (tertiary/aromatic N) is 2. The number of fused-ring (bicyclic) bond motifs is 1. The van der Waals surface area contributed by atoms with Gasteiger partial charge in [0, 0.05) is 23.1 Å². The summed E-state index contributed by atoms with van der Waals surface area (Å²) in [6.07, 6.45) is 11.4. The van der Waals surface area contributed by atoms with Gasteiger partial charge in [0.05, 0.1) is 10.4 Å². The number of rotatable bonds is 3. The van der Waals surface area contributed by atoms with E-state index in [4.69, 9.17) is 0 Å². The van der Waals surface area contributed by atoms with E-state index in [-0.39, 0.29) is 10.6 Å². The Morgan fingerprint density at radius 3 is 2.70 bits per heavy atom. The molecule has 27 heavy (non-hydrogen) atoms. The topological polar surface area (TPSA) is 71.8 Å². The summed E-state index contributed by atoms with van der Waals surface area (Å²) >= 11 is 0. The van der Waals surface area contributed by atoms with Crippen molar-refractivity contribution < 1.29 is 4.92 Å². The van der Waals surface area contributed by atoms with Gasteiger partial charge in [-0.05, 0) is 29.7 Å². The molecule has 1 aromatic heterocycles. The van der Waals surface area contributed by atoms with Crippen LogP contribution in [0.25, 0.3) is 27.7 Å². The van der Waals surface area contributed by atoms with Gasteiger partial charge in [-0.1, -0.05) is 62.4 Å². The van der Waals surface area contributed by atoms with E-state index in [1.807, 2.05) is 26.0 Å². The smallest absolute Gasteiger partial charge is 0.270 e. The van der Waals surface area contributed by atoms with Crippen LogP contribution in [0.15, 0.2) is 72.8 Å². The van der Waals surface area contributed by atoms with Gasteiger partial charge in [0.25, 0.3) is 5.69 Å². The molecular formula is C22H21N3O2. The van der Waals surface area contributed by atoms with Crippen molar-refractivity contribution in [3.05, 3.63) is 88.5 Å². The monoisotopic (exact) mass is 359 g/mol. The van der Waals surface area contributed by atoms with Crippen LogP contribution in [0.5, 0.6) is 0 Å². The minimum atomic E-state index is -0.389. The van der Waals surface area contributed by atoms with Crippen molar-refractivity contribution in [3.63, 3.8) is 0 Å². The lowest BCUT2D eigenvalue weighted by Gasteiger charge is -2.05. The van der Waals surface area contributed by atoms with Gasteiger partial charge in [-0.3, -0.25) is 15.2 Å². The lowest BCUT2D eigenvalue weighted by Crippen LogP contribution is -1.87. The highest BCUT2D eigenvalue weighted by molar-refractivity contribution is 5.95. The number of allylic oxidation sites excluding steroid dienone is 6. The third kappa shape index (κ3) is 3.87. The fourth-order valence-corrected chi connectivity index (χ4v) is 2.95. The normalized spacial score (nSPS) is 12.9. The van der Waals surface area contributed by atoms with Crippen molar-refractivity contribution in [3.8, 4) is 11.3 Å². The summed E-state index contributed by atoms with van der Waals surface area (Å²) in [5, 5.41) is 19.1. The second-order valence-corrected chi connectivity index (χ2v) is 5.83. The van der Waals surface area contributed by atoms with Gasteiger partial charge in [0.15, 0.2) is 0 Å². The summed E-state index contributed by atoms with van der Waals surface area (Å²) in [5.74, 6) is 0. The molecule has 0 fully saturated rings. The average Bonchev–Trinajstić information content (AvgIpc) is 2.94. The molecule has 0 aliphatic heterocycles. The van der Waals surface area contributed by atoms with Gasteiger partial charge >= 0.3 is 0 Å². The van der Waals surface area contributed by atoms with Gasteiger partial charge in [-0.25, -0.2) is 0 Å². The van der Waals surface area contributed by atoms with Crippen molar-refractivity contribution in [1.82, 2.24) is 10.2 Å². The third-order valence-electron chi connectivity index (χ3n) is 4.21. The van der Waals surface area contributed by atoms with E-state index in [1.165, 1.54) is 6.07 Å². The van der Waals surface area contributed by atoms with Gasteiger partial charge < -0.3 is 0 Å². The summed E-state index contributed by atoms with van der Waals surface area (Å²) in [7, 11) is 0. The van der Waals surface area contributed by atoms with Crippen LogP contribution in [0.1, 0.15) is 25.8 Å². The molecule has 2 aromatic carbocycles. The number of aromatic amines is 1. The van der Waals surface area contributed by atoms with Crippen LogP contribution in [-0.4, -0.2) is 15.1 Å². The SMILES string of the molecule is CC.O=[N+]([O-])c1ccc2[nH]nc(-c3cccc(C4=CC=CCC=C4)c3)c2c1. The molecule has 0 amide bonds. The Bertz CT molecular complexity index is 1060. The van der Waals surface area contributed by atoms with Crippen molar-refractivity contribution in [2.45, 2.75) is 20.3 Å². The highest BCUT2D eigenvalue weighted by Gasteiger charge is 2.13. The van der Waals surface area contributed by atoms with Crippen LogP contribution in [0.3, 0.4) is 0 Å². The van der Waals surface area contributed by atoms with Gasteiger partial charge in [-0.15, -0.1) is 0 Å². The van der Waals surface area contributed by atoms with Crippen LogP contribution in [0, 0.1) is 10.1 Å². The zero-order valence-corrected chi connectivity index (χ0v) is 15.3. The minimum absolute atomic E-state index is 0.0610. The zero-order chi connectivity index (χ0) is 19.2.